The van der Waals surface area contributed by atoms with E-state index in [0.29, 0.717) is 0 Å². The fourth-order valence-corrected chi connectivity index (χ4v) is 3.27. The van der Waals surface area contributed by atoms with Gasteiger partial charge in [-0.2, -0.15) is 0 Å². The third-order valence-electron chi connectivity index (χ3n) is 4.82. The molecular weight excluding hydrogens is 208 g/mol. The van der Waals surface area contributed by atoms with Crippen molar-refractivity contribution in [1.82, 2.24) is 10.2 Å². The lowest BCUT2D eigenvalue weighted by molar-refractivity contribution is 0.0774. The van der Waals surface area contributed by atoms with Crippen LogP contribution >= 0.6 is 0 Å². The third kappa shape index (κ3) is 3.23. The van der Waals surface area contributed by atoms with Crippen LogP contribution in [0.5, 0.6) is 0 Å². The zero-order chi connectivity index (χ0) is 12.4. The summed E-state index contributed by atoms with van der Waals surface area (Å²) in [6.07, 6.45) is 2.88. The molecule has 2 heteroatoms. The van der Waals surface area contributed by atoms with Crippen LogP contribution in [0, 0.1) is 23.7 Å². The van der Waals surface area contributed by atoms with Crippen molar-refractivity contribution in [1.29, 1.82) is 0 Å². The minimum Gasteiger partial charge on any atom is -0.316 e. The van der Waals surface area contributed by atoms with Gasteiger partial charge in [0.15, 0.2) is 0 Å². The first-order valence-electron chi connectivity index (χ1n) is 7.52. The molecule has 2 aliphatic rings. The summed E-state index contributed by atoms with van der Waals surface area (Å²) in [5.74, 6) is 3.51. The lowest BCUT2D eigenvalue weighted by Crippen LogP contribution is -2.50. The minimum absolute atomic E-state index is 0.778. The van der Waals surface area contributed by atoms with E-state index in [2.05, 4.69) is 37.9 Å². The summed E-state index contributed by atoms with van der Waals surface area (Å²) in [6.45, 7) is 14.5. The molecule has 4 unspecified atom stereocenters. The maximum Gasteiger partial charge on any atom is 0.0136 e. The Balaban J connectivity index is 1.72. The van der Waals surface area contributed by atoms with Crippen molar-refractivity contribution >= 4 is 0 Å². The molecule has 0 aromatic heterocycles. The molecular formula is C15H30N2. The molecule has 17 heavy (non-hydrogen) atoms. The number of nitrogens with one attached hydrogen (secondary N) is 1. The average molecular weight is 238 g/mol. The number of nitrogens with zero attached hydrogens (tertiary/aromatic N) is 1. The molecule has 1 saturated heterocycles. The normalized spacial score (nSPS) is 38.6. The monoisotopic (exact) mass is 238 g/mol. The predicted molar refractivity (Wildman–Crippen MR) is 74.1 cm³/mol. The Morgan fingerprint density at radius 1 is 1.12 bits per heavy atom. The summed E-state index contributed by atoms with van der Waals surface area (Å²) in [4.78, 5) is 2.76. The second-order valence-corrected chi connectivity index (χ2v) is 6.87. The number of hydrogen-bond acceptors (Lipinski definition) is 2. The predicted octanol–water partition coefficient (Wildman–Crippen LogP) is 2.60. The summed E-state index contributed by atoms with van der Waals surface area (Å²) < 4.78 is 0. The van der Waals surface area contributed by atoms with E-state index in [1.807, 2.05) is 0 Å². The van der Waals surface area contributed by atoms with Crippen LogP contribution in [0.25, 0.3) is 0 Å². The number of rotatable bonds is 5. The van der Waals surface area contributed by atoms with Crippen LogP contribution in [0.1, 0.15) is 40.5 Å². The van der Waals surface area contributed by atoms with E-state index in [9.17, 15) is 0 Å². The maximum atomic E-state index is 3.64. The van der Waals surface area contributed by atoms with Gasteiger partial charge in [0.25, 0.3) is 0 Å². The van der Waals surface area contributed by atoms with Gasteiger partial charge in [-0.25, -0.2) is 0 Å². The summed E-state index contributed by atoms with van der Waals surface area (Å²) in [5.41, 5.74) is 0. The van der Waals surface area contributed by atoms with Crippen LogP contribution in [-0.2, 0) is 0 Å². The Bertz CT molecular complexity index is 229. The zero-order valence-corrected chi connectivity index (χ0v) is 12.1. The highest BCUT2D eigenvalue weighted by atomic mass is 15.2. The Morgan fingerprint density at radius 3 is 2.24 bits per heavy atom. The summed E-state index contributed by atoms with van der Waals surface area (Å²) in [7, 11) is 0. The van der Waals surface area contributed by atoms with E-state index >= 15 is 0 Å². The summed E-state index contributed by atoms with van der Waals surface area (Å²) >= 11 is 0. The topological polar surface area (TPSA) is 15.3 Å². The van der Waals surface area contributed by atoms with Gasteiger partial charge in [0.05, 0.1) is 0 Å². The van der Waals surface area contributed by atoms with Gasteiger partial charge in [-0.15, -0.1) is 0 Å². The molecule has 2 rings (SSSR count). The average Bonchev–Trinajstić information content (AvgIpc) is 2.51. The van der Waals surface area contributed by atoms with Gasteiger partial charge in [0.1, 0.15) is 0 Å². The molecule has 2 fully saturated rings. The third-order valence-corrected chi connectivity index (χ3v) is 4.82. The first-order valence-corrected chi connectivity index (χ1v) is 7.52. The van der Waals surface area contributed by atoms with Crippen molar-refractivity contribution in [2.45, 2.75) is 46.6 Å². The van der Waals surface area contributed by atoms with Gasteiger partial charge >= 0.3 is 0 Å². The van der Waals surface area contributed by atoms with Crippen molar-refractivity contribution in [3.63, 3.8) is 0 Å². The second kappa shape index (κ2) is 5.71. The zero-order valence-electron chi connectivity index (χ0n) is 12.1. The molecule has 0 spiro atoms. The van der Waals surface area contributed by atoms with Crippen molar-refractivity contribution in [2.75, 3.05) is 26.2 Å². The summed E-state index contributed by atoms with van der Waals surface area (Å²) in [6, 6.07) is 0.891. The quantitative estimate of drug-likeness (QED) is 0.792. The molecule has 0 bridgehead atoms. The standard InChI is InChI=1S/C15H30N2/c1-11(2)7-16-8-14-5-6-15(14)17-9-12(3)13(4)10-17/h11-16H,5-10H2,1-4H3. The van der Waals surface area contributed by atoms with Crippen LogP contribution in [0.2, 0.25) is 0 Å². The Morgan fingerprint density at radius 2 is 1.76 bits per heavy atom. The van der Waals surface area contributed by atoms with E-state index < -0.39 is 0 Å². The first-order chi connectivity index (χ1) is 8.08. The van der Waals surface area contributed by atoms with Gasteiger partial charge in [-0.1, -0.05) is 27.7 Å². The van der Waals surface area contributed by atoms with Crippen molar-refractivity contribution in [2.24, 2.45) is 23.7 Å². The van der Waals surface area contributed by atoms with Crippen LogP contribution in [0.3, 0.4) is 0 Å². The highest BCUT2D eigenvalue weighted by Gasteiger charge is 2.39. The van der Waals surface area contributed by atoms with E-state index in [1.54, 1.807) is 0 Å². The van der Waals surface area contributed by atoms with E-state index in [-0.39, 0.29) is 0 Å². The molecule has 0 amide bonds. The molecule has 1 saturated carbocycles. The summed E-state index contributed by atoms with van der Waals surface area (Å²) in [5, 5.41) is 3.64. The Labute approximate surface area is 107 Å². The molecule has 0 aromatic rings. The first kappa shape index (κ1) is 13.4. The Kier molecular flexibility index (Phi) is 4.48. The van der Waals surface area contributed by atoms with Gasteiger partial charge in [0.2, 0.25) is 0 Å². The Hall–Kier alpha value is -0.0800. The highest BCUT2D eigenvalue weighted by Crippen LogP contribution is 2.36. The molecule has 2 nitrogen and oxygen atoms in total. The van der Waals surface area contributed by atoms with Crippen LogP contribution in [-0.4, -0.2) is 37.1 Å². The van der Waals surface area contributed by atoms with Gasteiger partial charge in [-0.3, -0.25) is 4.90 Å². The number of likely N-dealkylation sites (tertiary alicyclic amines) is 1. The van der Waals surface area contributed by atoms with E-state index in [1.165, 1.54) is 39.0 Å². The highest BCUT2D eigenvalue weighted by molar-refractivity contribution is 4.94. The van der Waals surface area contributed by atoms with Crippen molar-refractivity contribution < 1.29 is 0 Å². The second-order valence-electron chi connectivity index (χ2n) is 6.87. The molecule has 4 atom stereocenters. The molecule has 100 valence electrons. The van der Waals surface area contributed by atoms with E-state index in [4.69, 9.17) is 0 Å². The molecule has 0 radical (unpaired) electrons. The molecule has 1 aliphatic heterocycles. The van der Waals surface area contributed by atoms with Crippen molar-refractivity contribution in [3.05, 3.63) is 0 Å². The van der Waals surface area contributed by atoms with E-state index in [0.717, 1.165) is 29.7 Å². The minimum atomic E-state index is 0.778. The molecule has 0 aromatic carbocycles. The van der Waals surface area contributed by atoms with Crippen LogP contribution in [0.15, 0.2) is 0 Å². The van der Waals surface area contributed by atoms with Gasteiger partial charge in [-0.05, 0) is 49.6 Å². The molecule has 1 aliphatic carbocycles. The van der Waals surface area contributed by atoms with Crippen molar-refractivity contribution in [3.8, 4) is 0 Å². The van der Waals surface area contributed by atoms with Crippen LogP contribution < -0.4 is 5.32 Å². The van der Waals surface area contributed by atoms with Crippen LogP contribution in [0.4, 0.5) is 0 Å². The lowest BCUT2D eigenvalue weighted by atomic mass is 9.78. The van der Waals surface area contributed by atoms with Gasteiger partial charge < -0.3 is 5.32 Å². The number of hydrogen-bond donors (Lipinski definition) is 1. The molecule has 1 N–H and O–H groups in total. The molecule has 1 heterocycles. The fraction of sp³-hybridized carbons (Fsp3) is 1.00. The van der Waals surface area contributed by atoms with Gasteiger partial charge in [0, 0.05) is 19.1 Å². The largest absolute Gasteiger partial charge is 0.316 e. The maximum absolute atomic E-state index is 3.64. The lowest BCUT2D eigenvalue weighted by Gasteiger charge is -2.43. The SMILES string of the molecule is CC(C)CNCC1CCC1N1CC(C)C(C)C1. The smallest absolute Gasteiger partial charge is 0.0136 e. The fourth-order valence-electron chi connectivity index (χ4n) is 3.27.